The Labute approximate surface area is 175 Å². The largest absolute Gasteiger partial charge is 0.478 e. The number of halogens is 1. The molecule has 1 heterocycles. The molecule has 2 N–H and O–H groups in total. The summed E-state index contributed by atoms with van der Waals surface area (Å²) in [6.07, 6.45) is 0. The number of aromatic nitrogens is 1. The molecule has 5 nitrogen and oxygen atoms in total. The lowest BCUT2D eigenvalue weighted by Gasteiger charge is -2.11. The van der Waals surface area contributed by atoms with Crippen LogP contribution >= 0.6 is 15.9 Å². The number of anilines is 1. The quantitative estimate of drug-likeness (QED) is 0.426. The maximum Gasteiger partial charge on any atom is 0.335 e. The van der Waals surface area contributed by atoms with Crippen molar-refractivity contribution < 1.29 is 14.7 Å². The SMILES string of the molecule is O=C(O)c1ccc(NC(=O)c2cc(-c3ccc(Br)cc3)nc3ccccc23)cc1. The maximum atomic E-state index is 13.0. The number of carbonyl (C=O) groups excluding carboxylic acids is 1. The summed E-state index contributed by atoms with van der Waals surface area (Å²) in [7, 11) is 0. The van der Waals surface area contributed by atoms with Crippen LogP contribution in [0.1, 0.15) is 20.7 Å². The molecule has 4 rings (SSSR count). The van der Waals surface area contributed by atoms with Crippen LogP contribution in [0.2, 0.25) is 0 Å². The van der Waals surface area contributed by atoms with Gasteiger partial charge in [-0.05, 0) is 48.5 Å². The number of para-hydroxylation sites is 1. The molecule has 29 heavy (non-hydrogen) atoms. The van der Waals surface area contributed by atoms with Crippen LogP contribution in [0.15, 0.2) is 83.3 Å². The van der Waals surface area contributed by atoms with Crippen LogP contribution in [-0.4, -0.2) is 22.0 Å². The van der Waals surface area contributed by atoms with Crippen LogP contribution in [0.3, 0.4) is 0 Å². The Morgan fingerprint density at radius 1 is 0.897 bits per heavy atom. The number of nitrogens with one attached hydrogen (secondary N) is 1. The molecule has 6 heteroatoms. The fourth-order valence-electron chi connectivity index (χ4n) is 3.03. The Balaban J connectivity index is 1.74. The monoisotopic (exact) mass is 446 g/mol. The Morgan fingerprint density at radius 3 is 2.28 bits per heavy atom. The average Bonchev–Trinajstić information content (AvgIpc) is 2.74. The van der Waals surface area contributed by atoms with E-state index < -0.39 is 5.97 Å². The standard InChI is InChI=1S/C23H15BrN2O3/c24-16-9-5-14(6-10-16)21-13-19(18-3-1-2-4-20(18)26-21)22(27)25-17-11-7-15(8-12-17)23(28)29/h1-13H,(H,25,27)(H,28,29). The highest BCUT2D eigenvalue weighted by Crippen LogP contribution is 2.26. The van der Waals surface area contributed by atoms with Gasteiger partial charge in [-0.2, -0.15) is 0 Å². The number of aromatic carboxylic acids is 1. The second-order valence-electron chi connectivity index (χ2n) is 6.42. The topological polar surface area (TPSA) is 79.3 Å². The zero-order valence-electron chi connectivity index (χ0n) is 15.1. The summed E-state index contributed by atoms with van der Waals surface area (Å²) in [5.41, 5.74) is 3.50. The molecule has 0 aliphatic rings. The summed E-state index contributed by atoms with van der Waals surface area (Å²) in [5.74, 6) is -1.30. The van der Waals surface area contributed by atoms with Gasteiger partial charge < -0.3 is 10.4 Å². The number of pyridine rings is 1. The molecule has 0 bridgehead atoms. The van der Waals surface area contributed by atoms with E-state index >= 15 is 0 Å². The average molecular weight is 447 g/mol. The van der Waals surface area contributed by atoms with Crippen molar-refractivity contribution in [1.29, 1.82) is 0 Å². The van der Waals surface area contributed by atoms with Crippen LogP contribution in [0.4, 0.5) is 5.69 Å². The minimum absolute atomic E-state index is 0.162. The lowest BCUT2D eigenvalue weighted by atomic mass is 10.0. The molecule has 4 aromatic rings. The first-order chi connectivity index (χ1) is 14.0. The third-order valence-corrected chi connectivity index (χ3v) is 5.02. The number of benzene rings is 3. The summed E-state index contributed by atoms with van der Waals surface area (Å²) < 4.78 is 0.963. The van der Waals surface area contributed by atoms with Crippen molar-refractivity contribution in [3.8, 4) is 11.3 Å². The van der Waals surface area contributed by atoms with Crippen molar-refractivity contribution >= 4 is 44.4 Å². The van der Waals surface area contributed by atoms with Gasteiger partial charge in [-0.25, -0.2) is 9.78 Å². The van der Waals surface area contributed by atoms with Crippen LogP contribution in [0.25, 0.3) is 22.2 Å². The third-order valence-electron chi connectivity index (χ3n) is 4.49. The lowest BCUT2D eigenvalue weighted by molar-refractivity contribution is 0.0696. The molecule has 0 unspecified atom stereocenters. The second kappa shape index (κ2) is 7.85. The van der Waals surface area contributed by atoms with Crippen molar-refractivity contribution in [2.24, 2.45) is 0 Å². The Morgan fingerprint density at radius 2 is 1.59 bits per heavy atom. The van der Waals surface area contributed by atoms with Crippen LogP contribution in [0, 0.1) is 0 Å². The number of hydrogen-bond donors (Lipinski definition) is 2. The number of amides is 1. The number of hydrogen-bond acceptors (Lipinski definition) is 3. The minimum atomic E-state index is -1.01. The van der Waals surface area contributed by atoms with Crippen molar-refractivity contribution in [3.05, 3.63) is 94.5 Å². The molecule has 142 valence electrons. The number of fused-ring (bicyclic) bond motifs is 1. The molecule has 0 radical (unpaired) electrons. The minimum Gasteiger partial charge on any atom is -0.478 e. The second-order valence-corrected chi connectivity index (χ2v) is 7.33. The van der Waals surface area contributed by atoms with Gasteiger partial charge in [-0.1, -0.05) is 46.3 Å². The van der Waals surface area contributed by atoms with E-state index in [4.69, 9.17) is 10.1 Å². The van der Waals surface area contributed by atoms with Gasteiger partial charge in [0.1, 0.15) is 0 Å². The molecule has 0 fully saturated rings. The van der Waals surface area contributed by atoms with Gasteiger partial charge in [0.2, 0.25) is 0 Å². The summed E-state index contributed by atoms with van der Waals surface area (Å²) in [6, 6.07) is 23.0. The predicted octanol–water partition coefficient (Wildman–Crippen LogP) is 5.61. The molecule has 3 aromatic carbocycles. The number of nitrogens with zero attached hydrogens (tertiary/aromatic N) is 1. The first kappa shape index (κ1) is 18.8. The normalized spacial score (nSPS) is 10.7. The van der Waals surface area contributed by atoms with Crippen molar-refractivity contribution in [2.45, 2.75) is 0 Å². The lowest BCUT2D eigenvalue weighted by Crippen LogP contribution is -2.13. The summed E-state index contributed by atoms with van der Waals surface area (Å²) in [4.78, 5) is 28.7. The molecule has 0 saturated carbocycles. The number of carboxylic acids is 1. The van der Waals surface area contributed by atoms with E-state index in [1.54, 1.807) is 18.2 Å². The number of carbonyl (C=O) groups is 2. The van der Waals surface area contributed by atoms with Crippen molar-refractivity contribution in [1.82, 2.24) is 4.98 Å². The predicted molar refractivity (Wildman–Crippen MR) is 116 cm³/mol. The first-order valence-corrected chi connectivity index (χ1v) is 9.61. The molecule has 1 amide bonds. The van der Waals surface area contributed by atoms with Gasteiger partial charge >= 0.3 is 5.97 Å². The Bertz CT molecular complexity index is 1220. The maximum absolute atomic E-state index is 13.0. The Kier molecular flexibility index (Phi) is 5.10. The van der Waals surface area contributed by atoms with Crippen molar-refractivity contribution in [3.63, 3.8) is 0 Å². The number of rotatable bonds is 4. The molecule has 0 aliphatic carbocycles. The van der Waals surface area contributed by atoms with Crippen molar-refractivity contribution in [2.75, 3.05) is 5.32 Å². The zero-order chi connectivity index (χ0) is 20.4. The first-order valence-electron chi connectivity index (χ1n) is 8.82. The number of carboxylic acid groups (broad SMARTS) is 1. The highest BCUT2D eigenvalue weighted by Gasteiger charge is 2.14. The third kappa shape index (κ3) is 4.02. The van der Waals surface area contributed by atoms with Crippen LogP contribution in [-0.2, 0) is 0 Å². The van der Waals surface area contributed by atoms with E-state index in [2.05, 4.69) is 21.2 Å². The summed E-state index contributed by atoms with van der Waals surface area (Å²) in [5, 5.41) is 12.6. The van der Waals surface area contributed by atoms with E-state index in [0.29, 0.717) is 16.9 Å². The van der Waals surface area contributed by atoms with Gasteiger partial charge in [-0.3, -0.25) is 4.79 Å². The van der Waals surface area contributed by atoms with Gasteiger partial charge in [0, 0.05) is 21.1 Å². The smallest absolute Gasteiger partial charge is 0.335 e. The zero-order valence-corrected chi connectivity index (χ0v) is 16.7. The van der Waals surface area contributed by atoms with Crippen LogP contribution in [0.5, 0.6) is 0 Å². The highest BCUT2D eigenvalue weighted by molar-refractivity contribution is 9.10. The molecule has 0 spiro atoms. The molecular weight excluding hydrogens is 432 g/mol. The van der Waals surface area contributed by atoms with Gasteiger partial charge in [0.25, 0.3) is 5.91 Å². The van der Waals surface area contributed by atoms with E-state index in [1.807, 2.05) is 48.5 Å². The van der Waals surface area contributed by atoms with E-state index in [0.717, 1.165) is 20.9 Å². The van der Waals surface area contributed by atoms with Gasteiger partial charge in [0.15, 0.2) is 0 Å². The fourth-order valence-corrected chi connectivity index (χ4v) is 3.29. The Hall–Kier alpha value is -3.51. The van der Waals surface area contributed by atoms with E-state index in [9.17, 15) is 9.59 Å². The van der Waals surface area contributed by atoms with Crippen LogP contribution < -0.4 is 5.32 Å². The molecule has 0 aliphatic heterocycles. The highest BCUT2D eigenvalue weighted by atomic mass is 79.9. The summed E-state index contributed by atoms with van der Waals surface area (Å²) >= 11 is 3.43. The molecule has 1 aromatic heterocycles. The van der Waals surface area contributed by atoms with E-state index in [-0.39, 0.29) is 11.5 Å². The molecule has 0 saturated heterocycles. The van der Waals surface area contributed by atoms with E-state index in [1.165, 1.54) is 12.1 Å². The summed E-state index contributed by atoms with van der Waals surface area (Å²) in [6.45, 7) is 0. The fraction of sp³-hybridized carbons (Fsp3) is 0. The van der Waals surface area contributed by atoms with Gasteiger partial charge in [-0.15, -0.1) is 0 Å². The van der Waals surface area contributed by atoms with Gasteiger partial charge in [0.05, 0.1) is 22.3 Å². The molecule has 0 atom stereocenters. The molecular formula is C23H15BrN2O3.